The van der Waals surface area contributed by atoms with Gasteiger partial charge in [0.2, 0.25) is 94.5 Å². The summed E-state index contributed by atoms with van der Waals surface area (Å²) in [5.74, 6) is -26.0. The van der Waals surface area contributed by atoms with Crippen LogP contribution in [0.1, 0.15) is 155 Å². The number of aromatic hydroxyl groups is 1. The molecule has 0 spiro atoms. The Hall–Kier alpha value is -14.5. The molecular formula is C89H119N19O25. The molecule has 0 bridgehead atoms. The van der Waals surface area contributed by atoms with E-state index in [2.05, 4.69) is 74.1 Å². The van der Waals surface area contributed by atoms with Gasteiger partial charge in [-0.3, -0.25) is 95.9 Å². The van der Waals surface area contributed by atoms with Gasteiger partial charge in [0.15, 0.2) is 5.43 Å². The number of H-pyrrole nitrogens is 1. The predicted octanol–water partition coefficient (Wildman–Crippen LogP) is -2.34. The first-order valence-corrected chi connectivity index (χ1v) is 43.5. The molecule has 1 aromatic heterocycles. The first kappa shape index (κ1) is 106. The van der Waals surface area contributed by atoms with Crippen molar-refractivity contribution in [1.29, 1.82) is 0 Å². The summed E-state index contributed by atoms with van der Waals surface area (Å²) in [4.78, 5) is 286. The largest absolute Gasteiger partial charge is 0.508 e. The van der Waals surface area contributed by atoms with Crippen molar-refractivity contribution in [2.45, 2.75) is 218 Å². The summed E-state index contributed by atoms with van der Waals surface area (Å²) in [5.41, 5.74) is 24.2. The number of aliphatic carboxylic acids is 2. The molecule has 1 aliphatic carbocycles. The number of phenols is 1. The van der Waals surface area contributed by atoms with Crippen LogP contribution in [0.5, 0.6) is 5.75 Å². The number of hydrogen-bond donors (Lipinski definition) is 22. The van der Waals surface area contributed by atoms with Crippen molar-refractivity contribution in [2.24, 2.45) is 46.6 Å². The minimum absolute atomic E-state index is 0.0599. The molecule has 44 nitrogen and oxygen atoms in total. The third kappa shape index (κ3) is 31.4. The molecule has 26 N–H and O–H groups in total. The van der Waals surface area contributed by atoms with Gasteiger partial charge in [-0.25, -0.2) is 0 Å². The summed E-state index contributed by atoms with van der Waals surface area (Å²) in [6.07, 6.45) is -5.02. The number of primary amides is 3. The molecule has 4 aromatic rings. The normalized spacial score (nSPS) is 22.3. The molecule has 3 aromatic carbocycles. The Morgan fingerprint density at radius 1 is 0.526 bits per heavy atom. The number of amides is 17. The summed E-state index contributed by atoms with van der Waals surface area (Å²) >= 11 is 0. The number of phenolic OH excluding ortho intramolecular Hbond substituents is 1. The number of nitrogens with zero attached hydrogens (tertiary/aromatic N) is 1. The third-order valence-electron chi connectivity index (χ3n) is 21.9. The molecular weight excluding hydrogens is 1740 g/mol. The van der Waals surface area contributed by atoms with Gasteiger partial charge in [-0.05, 0) is 123 Å². The fraction of sp³-hybridized carbons (Fsp3) is 0.483. The van der Waals surface area contributed by atoms with Crippen molar-refractivity contribution in [3.63, 3.8) is 0 Å². The van der Waals surface area contributed by atoms with E-state index < -0.39 is 279 Å². The zero-order valence-corrected chi connectivity index (χ0v) is 75.0. The summed E-state index contributed by atoms with van der Waals surface area (Å²) in [6, 6.07) is -1.04. The molecule has 1 saturated heterocycles. The number of aromatic amines is 1. The Bertz CT molecular complexity index is 5300. The minimum atomic E-state index is -2.14. The first-order chi connectivity index (χ1) is 62.9. The average molecular weight is 1860 g/mol. The van der Waals surface area contributed by atoms with E-state index in [0.717, 1.165) is 4.90 Å². The highest BCUT2D eigenvalue weighted by molar-refractivity contribution is 6.11. The Balaban J connectivity index is 1.31. The molecule has 13 atom stereocenters. The highest BCUT2D eigenvalue weighted by Gasteiger charge is 2.41. The van der Waals surface area contributed by atoms with Gasteiger partial charge in [-0.2, -0.15) is 0 Å². The number of hydrogen-bond acceptors (Lipinski definition) is 24. The molecule has 133 heavy (non-hydrogen) atoms. The number of aliphatic hydroxyl groups is 1. The number of rotatable bonds is 27. The van der Waals surface area contributed by atoms with Crippen molar-refractivity contribution in [1.82, 2.24) is 79.0 Å². The monoisotopic (exact) mass is 1850 g/mol. The van der Waals surface area contributed by atoms with Crippen LogP contribution in [0.15, 0.2) is 100 Å². The highest BCUT2D eigenvalue weighted by atomic mass is 16.4. The fourth-order valence-electron chi connectivity index (χ4n) is 14.9. The number of carboxylic acids is 2. The van der Waals surface area contributed by atoms with Crippen molar-refractivity contribution in [2.75, 3.05) is 32.8 Å². The Morgan fingerprint density at radius 3 is 1.59 bits per heavy atom. The van der Waals surface area contributed by atoms with Gasteiger partial charge in [0.25, 0.3) is 5.91 Å². The van der Waals surface area contributed by atoms with Crippen molar-refractivity contribution >= 4 is 134 Å². The second-order valence-corrected chi connectivity index (χ2v) is 33.8. The number of carbonyl (C=O) groups is 19. The summed E-state index contributed by atoms with van der Waals surface area (Å²) in [5, 5.41) is 74.4. The van der Waals surface area contributed by atoms with Gasteiger partial charge in [-0.15, -0.1) is 0 Å². The zero-order chi connectivity index (χ0) is 98.4. The zero-order valence-electron chi connectivity index (χ0n) is 75.0. The maximum atomic E-state index is 15.2. The fourth-order valence-corrected chi connectivity index (χ4v) is 14.9. The summed E-state index contributed by atoms with van der Waals surface area (Å²) < 4.78 is 6.07. The molecule has 3 heterocycles. The number of unbranched alkanes of at least 4 members (excludes halogenated alkanes) is 1. The molecule has 0 radical (unpaired) electrons. The van der Waals surface area contributed by atoms with E-state index in [4.69, 9.17) is 27.4 Å². The molecule has 3 aliphatic rings. The number of para-hydroxylation sites is 1. The number of carboxylic acid groups (broad SMARTS) is 2. The van der Waals surface area contributed by atoms with Gasteiger partial charge < -0.3 is 127 Å². The van der Waals surface area contributed by atoms with E-state index in [1.54, 1.807) is 71.0 Å². The SMILES string of the molecule is CC[C@H](C)[C@@H]1NC(=O)[C@H](CCCCN)NC(=O)[C@H](CC(C)C)NC(=O)[C@H](CO)NC(=O)[C@H](CC(N)=O)NC(=O)[C@H](Cc2c[nH]c3ccccc23)NC(=O)CCC(NC(=O)c2ccccc2-c2c3ccc(=O)cc-3oc3cc(O)ccc23)C(=O)NCCCN(CC(N)=O)C(=O)[C@H](C(C)C)NC(=O)[C@H](CC(=O)O)NC(=O)[C@H](CC(C)C)NC(=O)[C@H](CC(N)=O)NC(=O)[C@H](CC(=O)O)NC1=O. The maximum Gasteiger partial charge on any atom is 0.305 e. The lowest BCUT2D eigenvalue weighted by Crippen LogP contribution is -2.62. The topological polar surface area (TPSA) is 715 Å². The summed E-state index contributed by atoms with van der Waals surface area (Å²) in [7, 11) is 0. The number of nitrogens with two attached hydrogens (primary N) is 4. The van der Waals surface area contributed by atoms with E-state index in [1.807, 2.05) is 0 Å². The molecule has 0 saturated carbocycles. The Kier molecular flexibility index (Phi) is 39.8. The van der Waals surface area contributed by atoms with E-state index in [9.17, 15) is 107 Å². The second kappa shape index (κ2) is 50.1. The predicted molar refractivity (Wildman–Crippen MR) is 479 cm³/mol. The molecule has 720 valence electrons. The highest BCUT2D eigenvalue weighted by Crippen LogP contribution is 2.42. The number of fused-ring (bicyclic) bond motifs is 3. The number of nitrogens with one attached hydrogen (secondary N) is 14. The molecule has 2 aliphatic heterocycles. The van der Waals surface area contributed by atoms with E-state index in [1.165, 1.54) is 75.5 Å². The molecule has 17 amide bonds. The van der Waals surface area contributed by atoms with Crippen LogP contribution in [0.3, 0.4) is 0 Å². The van der Waals surface area contributed by atoms with Crippen LogP contribution >= 0.6 is 0 Å². The lowest BCUT2D eigenvalue weighted by atomic mass is 9.90. The van der Waals surface area contributed by atoms with Gasteiger partial charge in [0.05, 0.1) is 38.8 Å². The van der Waals surface area contributed by atoms with Crippen LogP contribution < -0.4 is 97.5 Å². The smallest absolute Gasteiger partial charge is 0.305 e. The number of carbonyl (C=O) groups excluding carboxylic acids is 17. The first-order valence-electron chi connectivity index (χ1n) is 43.5. The van der Waals surface area contributed by atoms with Crippen LogP contribution in [-0.2, 0) is 92.7 Å². The number of aliphatic hydroxyl groups excluding tert-OH is 1. The maximum absolute atomic E-state index is 15.2. The van der Waals surface area contributed by atoms with Crippen LogP contribution in [0.2, 0.25) is 0 Å². The number of aromatic nitrogens is 1. The third-order valence-corrected chi connectivity index (χ3v) is 21.9. The van der Waals surface area contributed by atoms with Crippen molar-refractivity contribution in [3.8, 4) is 28.2 Å². The van der Waals surface area contributed by atoms with Gasteiger partial charge in [-0.1, -0.05) is 98.2 Å². The van der Waals surface area contributed by atoms with E-state index >= 15 is 9.59 Å². The summed E-state index contributed by atoms with van der Waals surface area (Å²) in [6.45, 7) is 9.66. The number of benzene rings is 4. The molecule has 1 unspecified atom stereocenters. The lowest BCUT2D eigenvalue weighted by Gasteiger charge is -2.31. The standard InChI is InChI=1S/C89H119N19O25/c1-9-46(8)76-88(131)104-63(38-72(116)117)85(128)102-61(36-68(91)112)83(126)99-59(32-44(4)5)81(124)103-64(39-73(118)119)86(129)106-75(45(6)7)89(132)108(41-70(93)114)30-16-29-94-78(121)57(97-77(120)52-19-11-10-18-51(52)74-53-24-22-48(110)34-66(53)133-67-35-49(111)23-25-54(67)74)26-27-71(115)96-60(33-47-40-95-55-20-13-12-17-50(47)55)82(125)101-62(37-69(92)113)84(127)105-65(42-109)87(130)100-58(31-43(2)3)80(123)98-56(79(122)107-76)21-14-15-28-90/h10-13,17-20,22-25,34-35,40,43-46,56-65,75-76,95,109-110H,9,14-16,21,26-33,36-39,41-42,90H2,1-8H3,(H2,91,112)(H2,92,113)(H2,93,114)(H,94,121)(H,96,115)(H,97,120)(H,98,123)(H,99,126)(H,100,130)(H,101,125)(H,102,128)(H,103,124)(H,104,131)(H,105,127)(H,106,129)(H,107,122)(H,116,117)(H,118,119)/t46-,56-,57?,58-,59-,60-,61-,62-,63-,64-,65-,75-,76-/m0/s1. The van der Waals surface area contributed by atoms with Crippen LogP contribution in [-0.4, -0.2) is 248 Å². The van der Waals surface area contributed by atoms with Gasteiger partial charge >= 0.3 is 11.9 Å². The second-order valence-electron chi connectivity index (χ2n) is 33.8. The quantitative estimate of drug-likeness (QED) is 0.0190. The van der Waals surface area contributed by atoms with Crippen LogP contribution in [0.4, 0.5) is 0 Å². The Morgan fingerprint density at radius 2 is 1.04 bits per heavy atom. The van der Waals surface area contributed by atoms with E-state index in [0.29, 0.717) is 33.0 Å². The minimum Gasteiger partial charge on any atom is -0.508 e. The van der Waals surface area contributed by atoms with Crippen molar-refractivity contribution < 1.29 is 116 Å². The van der Waals surface area contributed by atoms with Crippen LogP contribution in [0.25, 0.3) is 44.3 Å². The van der Waals surface area contributed by atoms with Crippen molar-refractivity contribution in [3.05, 3.63) is 112 Å². The lowest BCUT2D eigenvalue weighted by molar-refractivity contribution is -0.143. The van der Waals surface area contributed by atoms with Crippen LogP contribution in [0, 0.1) is 23.7 Å². The van der Waals surface area contributed by atoms with Gasteiger partial charge in [0, 0.05) is 77.2 Å². The average Bonchev–Trinajstić information content (AvgIpc) is 0.983. The molecule has 44 heteroatoms. The molecule has 7 rings (SSSR count). The molecule has 1 fully saturated rings. The Labute approximate surface area is 763 Å². The van der Waals surface area contributed by atoms with Gasteiger partial charge in [0.1, 0.15) is 89.6 Å². The van der Waals surface area contributed by atoms with E-state index in [-0.39, 0.29) is 86.1 Å².